The number of aromatic carboxylic acids is 1. The highest BCUT2D eigenvalue weighted by atomic mass is 32.2. The Labute approximate surface area is 169 Å². The molecule has 2 aromatic rings. The van der Waals surface area contributed by atoms with Crippen molar-refractivity contribution >= 4 is 26.9 Å². The fourth-order valence-electron chi connectivity index (χ4n) is 3.94. The third-order valence-corrected chi connectivity index (χ3v) is 5.90. The van der Waals surface area contributed by atoms with Gasteiger partial charge in [-0.3, -0.25) is 4.90 Å². The van der Waals surface area contributed by atoms with Crippen LogP contribution in [0, 0.1) is 5.82 Å². The first kappa shape index (κ1) is 21.5. The van der Waals surface area contributed by atoms with Gasteiger partial charge in [0.05, 0.1) is 18.9 Å². The zero-order valence-corrected chi connectivity index (χ0v) is 17.4. The van der Waals surface area contributed by atoms with Gasteiger partial charge in [0.15, 0.2) is 0 Å². The maximum Gasteiger partial charge on any atom is 0.341 e. The van der Waals surface area contributed by atoms with Gasteiger partial charge < -0.3 is 14.4 Å². The van der Waals surface area contributed by atoms with Crippen LogP contribution in [0.5, 0.6) is 5.88 Å². The zero-order chi connectivity index (χ0) is 21.2. The van der Waals surface area contributed by atoms with Crippen LogP contribution in [-0.4, -0.2) is 62.0 Å². The molecule has 1 saturated heterocycles. The molecule has 29 heavy (non-hydrogen) atoms. The summed E-state index contributed by atoms with van der Waals surface area (Å²) >= 11 is 0. The Morgan fingerprint density at radius 2 is 1.97 bits per heavy atom. The molecule has 1 aliphatic rings. The van der Waals surface area contributed by atoms with Crippen LogP contribution in [0.3, 0.4) is 0 Å². The van der Waals surface area contributed by atoms with Gasteiger partial charge in [-0.15, -0.1) is 0 Å². The second-order valence-corrected chi connectivity index (χ2v) is 9.10. The van der Waals surface area contributed by atoms with E-state index in [1.165, 1.54) is 19.2 Å². The van der Waals surface area contributed by atoms with Gasteiger partial charge in [0.25, 0.3) is 0 Å². The minimum Gasteiger partial charge on any atom is -0.482 e. The summed E-state index contributed by atoms with van der Waals surface area (Å²) < 4.78 is 46.9. The Bertz CT molecular complexity index is 1010. The van der Waals surface area contributed by atoms with E-state index >= 15 is 0 Å². The molecule has 0 atom stereocenters. The predicted octanol–water partition coefficient (Wildman–Crippen LogP) is 2.02. The van der Waals surface area contributed by atoms with E-state index in [9.17, 15) is 22.7 Å². The summed E-state index contributed by atoms with van der Waals surface area (Å²) in [4.78, 5) is 14.2. The molecule has 0 amide bonds. The lowest BCUT2D eigenvalue weighted by Gasteiger charge is -2.27. The van der Waals surface area contributed by atoms with E-state index in [1.807, 2.05) is 0 Å². The predicted molar refractivity (Wildman–Crippen MR) is 107 cm³/mol. The van der Waals surface area contributed by atoms with E-state index in [0.29, 0.717) is 23.0 Å². The van der Waals surface area contributed by atoms with E-state index < -0.39 is 21.8 Å². The average Bonchev–Trinajstić information content (AvgIpc) is 2.98. The van der Waals surface area contributed by atoms with Gasteiger partial charge >= 0.3 is 5.97 Å². The fourth-order valence-corrected chi connectivity index (χ4v) is 4.40. The monoisotopic (exact) mass is 427 g/mol. The van der Waals surface area contributed by atoms with Crippen molar-refractivity contribution in [2.75, 3.05) is 33.0 Å². The molecule has 1 aromatic heterocycles. The highest BCUT2D eigenvalue weighted by Crippen LogP contribution is 2.36. The summed E-state index contributed by atoms with van der Waals surface area (Å²) in [6, 6.07) is 2.84. The number of rotatable bonds is 8. The molecule has 0 aliphatic carbocycles. The summed E-state index contributed by atoms with van der Waals surface area (Å²) in [6.07, 6.45) is 4.25. The molecule has 8 nitrogen and oxygen atoms in total. The van der Waals surface area contributed by atoms with Crippen molar-refractivity contribution in [2.24, 2.45) is 0 Å². The van der Waals surface area contributed by atoms with Crippen molar-refractivity contribution in [3.63, 3.8) is 0 Å². The Hall–Kier alpha value is -2.17. The van der Waals surface area contributed by atoms with Gasteiger partial charge in [-0.25, -0.2) is 22.3 Å². The Kier molecular flexibility index (Phi) is 6.45. The molecular formula is C19H26FN3O5S. The van der Waals surface area contributed by atoms with E-state index in [2.05, 4.69) is 9.62 Å². The van der Waals surface area contributed by atoms with E-state index in [-0.39, 0.29) is 24.5 Å². The number of ether oxygens (including phenoxy) is 1. The second kappa shape index (κ2) is 8.68. The lowest BCUT2D eigenvalue weighted by atomic mass is 10.0. The number of carboxylic acids is 1. The summed E-state index contributed by atoms with van der Waals surface area (Å²) in [5.41, 5.74) is 0.728. The van der Waals surface area contributed by atoms with E-state index in [1.54, 1.807) is 4.57 Å². The molecule has 1 aliphatic heterocycles. The zero-order valence-electron chi connectivity index (χ0n) is 16.6. The summed E-state index contributed by atoms with van der Waals surface area (Å²) in [7, 11) is -2.05. The lowest BCUT2D eigenvalue weighted by molar-refractivity contribution is 0.0694. The number of nitrogens with zero attached hydrogens (tertiary/aromatic N) is 2. The lowest BCUT2D eigenvalue weighted by Crippen LogP contribution is -2.29. The number of likely N-dealkylation sites (tertiary alicyclic amines) is 1. The third-order valence-electron chi connectivity index (χ3n) is 5.17. The Balaban J connectivity index is 2.11. The molecule has 10 heteroatoms. The van der Waals surface area contributed by atoms with Crippen molar-refractivity contribution in [3.8, 4) is 5.88 Å². The number of fused-ring (bicyclic) bond motifs is 1. The molecule has 3 rings (SSSR count). The molecule has 2 N–H and O–H groups in total. The molecule has 0 spiro atoms. The molecule has 2 heterocycles. The standard InChI is InChI=1S/C19H26FN3O5S/c1-28-18-17(19(24)25)16-13(12-22-9-4-3-5-10-22)14(20)6-7-15(16)23(18)11-8-21-29(2,26)27/h6-7,21H,3-5,8-12H2,1-2H3,(H,24,25). The first-order chi connectivity index (χ1) is 13.7. The number of carboxylic acid groups (broad SMARTS) is 1. The van der Waals surface area contributed by atoms with Crippen LogP contribution in [0.1, 0.15) is 35.2 Å². The van der Waals surface area contributed by atoms with Crippen LogP contribution in [0.2, 0.25) is 0 Å². The van der Waals surface area contributed by atoms with Crippen LogP contribution in [-0.2, 0) is 23.1 Å². The van der Waals surface area contributed by atoms with Gasteiger partial charge in [-0.2, -0.15) is 0 Å². The number of hydrogen-bond donors (Lipinski definition) is 2. The molecule has 1 aromatic carbocycles. The van der Waals surface area contributed by atoms with Gasteiger partial charge in [-0.05, 0) is 38.1 Å². The van der Waals surface area contributed by atoms with Crippen LogP contribution in [0.4, 0.5) is 4.39 Å². The van der Waals surface area contributed by atoms with Gasteiger partial charge in [-0.1, -0.05) is 6.42 Å². The number of aromatic nitrogens is 1. The molecule has 0 unspecified atom stereocenters. The minimum absolute atomic E-state index is 0.0524. The average molecular weight is 427 g/mol. The maximum atomic E-state index is 14.8. The van der Waals surface area contributed by atoms with Gasteiger partial charge in [0.2, 0.25) is 15.9 Å². The number of sulfonamides is 1. The SMILES string of the molecule is COc1c(C(=O)O)c2c(CN3CCCCC3)c(F)ccc2n1CCNS(C)(=O)=O. The summed E-state index contributed by atoms with van der Waals surface area (Å²) in [5.74, 6) is -1.60. The number of hydrogen-bond acceptors (Lipinski definition) is 5. The maximum absolute atomic E-state index is 14.8. The number of piperidine rings is 1. The first-order valence-corrected chi connectivity index (χ1v) is 11.4. The Morgan fingerprint density at radius 3 is 2.55 bits per heavy atom. The highest BCUT2D eigenvalue weighted by Gasteiger charge is 2.28. The largest absolute Gasteiger partial charge is 0.482 e. The van der Waals surface area contributed by atoms with Crippen LogP contribution >= 0.6 is 0 Å². The smallest absolute Gasteiger partial charge is 0.341 e. The molecule has 0 bridgehead atoms. The number of carbonyl (C=O) groups is 1. The highest BCUT2D eigenvalue weighted by molar-refractivity contribution is 7.88. The van der Waals surface area contributed by atoms with Crippen molar-refractivity contribution < 1.29 is 27.4 Å². The van der Waals surface area contributed by atoms with Crippen LogP contribution < -0.4 is 9.46 Å². The van der Waals surface area contributed by atoms with Crippen molar-refractivity contribution in [2.45, 2.75) is 32.4 Å². The van der Waals surface area contributed by atoms with E-state index in [4.69, 9.17) is 4.74 Å². The second-order valence-electron chi connectivity index (χ2n) is 7.26. The van der Waals surface area contributed by atoms with Gasteiger partial charge in [0, 0.05) is 30.6 Å². The number of benzene rings is 1. The van der Waals surface area contributed by atoms with Crippen molar-refractivity contribution in [1.29, 1.82) is 0 Å². The summed E-state index contributed by atoms with van der Waals surface area (Å²) in [6.45, 7) is 2.20. The third kappa shape index (κ3) is 4.71. The summed E-state index contributed by atoms with van der Waals surface area (Å²) in [5, 5.41) is 10.1. The fraction of sp³-hybridized carbons (Fsp3) is 0.526. The number of methoxy groups -OCH3 is 1. The number of nitrogens with one attached hydrogen (secondary N) is 1. The molecular weight excluding hydrogens is 401 g/mol. The molecule has 1 fully saturated rings. The Morgan fingerprint density at radius 1 is 1.28 bits per heavy atom. The normalized spacial score (nSPS) is 15.7. The number of halogens is 1. The minimum atomic E-state index is -3.40. The van der Waals surface area contributed by atoms with Gasteiger partial charge in [0.1, 0.15) is 11.4 Å². The molecule has 0 radical (unpaired) electrons. The topological polar surface area (TPSA) is 101 Å². The molecule has 160 valence electrons. The molecule has 0 saturated carbocycles. The van der Waals surface area contributed by atoms with Crippen LogP contribution in [0.25, 0.3) is 10.9 Å². The van der Waals surface area contributed by atoms with E-state index in [0.717, 1.165) is 38.6 Å². The first-order valence-electron chi connectivity index (χ1n) is 9.50. The van der Waals surface area contributed by atoms with Crippen molar-refractivity contribution in [3.05, 3.63) is 29.1 Å². The quantitative estimate of drug-likeness (QED) is 0.669. The van der Waals surface area contributed by atoms with Crippen molar-refractivity contribution in [1.82, 2.24) is 14.2 Å². The van der Waals surface area contributed by atoms with Crippen LogP contribution in [0.15, 0.2) is 12.1 Å².